The summed E-state index contributed by atoms with van der Waals surface area (Å²) in [5.74, 6) is 0.856. The number of carbonyl (C=O) groups excluding carboxylic acids is 1. The number of carbonyl (C=O) groups is 1. The van der Waals surface area contributed by atoms with Crippen molar-refractivity contribution in [3.05, 3.63) is 143 Å². The first-order valence-electron chi connectivity index (χ1n) is 12.4. The molecule has 0 unspecified atom stereocenters. The number of amides is 1. The molecule has 9 heteroatoms. The average Bonchev–Trinajstić information content (AvgIpc) is 3.53. The Hall–Kier alpha value is -3.98. The van der Waals surface area contributed by atoms with E-state index >= 15 is 0 Å². The van der Waals surface area contributed by atoms with Gasteiger partial charge in [-0.25, -0.2) is 4.99 Å². The minimum Gasteiger partial charge on any atom is -0.457 e. The number of allylic oxidation sites excluding steroid dienone is 1. The third-order valence-electron chi connectivity index (χ3n) is 6.49. The normalized spacial score (nSPS) is 15.1. The van der Waals surface area contributed by atoms with Crippen LogP contribution >= 0.6 is 38.9 Å². The first-order valence-corrected chi connectivity index (χ1v) is 14.4. The summed E-state index contributed by atoms with van der Waals surface area (Å²) in [6, 6.07) is 27.2. The molecule has 6 rings (SSSR count). The van der Waals surface area contributed by atoms with Crippen LogP contribution in [0.4, 0.5) is 5.69 Å². The Morgan fingerprint density at radius 3 is 2.58 bits per heavy atom. The van der Waals surface area contributed by atoms with Crippen LogP contribution in [-0.4, -0.2) is 10.5 Å². The molecular formula is C31H21BrClN3O3S. The van der Waals surface area contributed by atoms with Crippen LogP contribution in [0, 0.1) is 0 Å². The molecule has 3 heterocycles. The number of furan rings is 1. The van der Waals surface area contributed by atoms with Gasteiger partial charge in [-0.1, -0.05) is 81.3 Å². The predicted molar refractivity (Wildman–Crippen MR) is 162 cm³/mol. The highest BCUT2D eigenvalue weighted by Crippen LogP contribution is 2.31. The number of halogens is 2. The number of para-hydroxylation sites is 1. The lowest BCUT2D eigenvalue weighted by atomic mass is 9.95. The Kier molecular flexibility index (Phi) is 7.14. The fourth-order valence-electron chi connectivity index (χ4n) is 4.65. The standard InChI is InChI=1S/C31H21BrClN3O3S/c1-18-27(29(37)35-23-8-3-2-4-9-23)28(19-10-12-21(32)13-11-19)36-30(38)26(40-31(36)34-18)17-24-14-15-25(39-24)20-6-5-7-22(33)16-20/h2-17,28H,1H3,(H,35,37)/b26-17+/t28-/m0/s1. The summed E-state index contributed by atoms with van der Waals surface area (Å²) in [7, 11) is 0. The maximum absolute atomic E-state index is 13.9. The van der Waals surface area contributed by atoms with Crippen molar-refractivity contribution in [2.45, 2.75) is 13.0 Å². The molecule has 1 aliphatic heterocycles. The Morgan fingerprint density at radius 2 is 1.82 bits per heavy atom. The molecule has 0 radical (unpaired) electrons. The summed E-state index contributed by atoms with van der Waals surface area (Å²) < 4.78 is 8.96. The van der Waals surface area contributed by atoms with Gasteiger partial charge in [0.25, 0.3) is 11.5 Å². The molecule has 6 nitrogen and oxygen atoms in total. The summed E-state index contributed by atoms with van der Waals surface area (Å²) in [5, 5.41) is 3.57. The number of nitrogens with one attached hydrogen (secondary N) is 1. The van der Waals surface area contributed by atoms with Gasteiger partial charge < -0.3 is 9.73 Å². The highest BCUT2D eigenvalue weighted by molar-refractivity contribution is 9.10. The van der Waals surface area contributed by atoms with E-state index in [1.165, 1.54) is 11.3 Å². The van der Waals surface area contributed by atoms with Crippen LogP contribution in [-0.2, 0) is 4.79 Å². The zero-order valence-electron chi connectivity index (χ0n) is 21.1. The number of hydrogen-bond acceptors (Lipinski definition) is 5. The van der Waals surface area contributed by atoms with Gasteiger partial charge in [-0.3, -0.25) is 14.2 Å². The Morgan fingerprint density at radius 1 is 1.05 bits per heavy atom. The van der Waals surface area contributed by atoms with Gasteiger partial charge >= 0.3 is 0 Å². The highest BCUT2D eigenvalue weighted by Gasteiger charge is 2.32. The van der Waals surface area contributed by atoms with E-state index in [0.717, 1.165) is 15.6 Å². The van der Waals surface area contributed by atoms with E-state index in [2.05, 4.69) is 21.2 Å². The minimum absolute atomic E-state index is 0.255. The van der Waals surface area contributed by atoms with E-state index in [-0.39, 0.29) is 11.5 Å². The third-order valence-corrected chi connectivity index (χ3v) is 8.24. The van der Waals surface area contributed by atoms with Crippen LogP contribution in [0.3, 0.4) is 0 Å². The number of thiazole rings is 1. The van der Waals surface area contributed by atoms with Gasteiger partial charge in [0.05, 0.1) is 21.8 Å². The zero-order valence-corrected chi connectivity index (χ0v) is 24.3. The van der Waals surface area contributed by atoms with Gasteiger partial charge in [0.15, 0.2) is 4.80 Å². The Balaban J connectivity index is 1.45. The average molecular weight is 631 g/mol. The lowest BCUT2D eigenvalue weighted by Gasteiger charge is -2.25. The maximum atomic E-state index is 13.9. The Labute approximate surface area is 246 Å². The van der Waals surface area contributed by atoms with Crippen molar-refractivity contribution in [3.8, 4) is 11.3 Å². The third kappa shape index (κ3) is 5.13. The second kappa shape index (κ2) is 10.9. The topological polar surface area (TPSA) is 76.6 Å². The molecule has 0 spiro atoms. The molecule has 1 atom stereocenters. The summed E-state index contributed by atoms with van der Waals surface area (Å²) >= 11 is 10.9. The minimum atomic E-state index is -0.658. The lowest BCUT2D eigenvalue weighted by Crippen LogP contribution is -2.40. The highest BCUT2D eigenvalue weighted by atomic mass is 79.9. The first kappa shape index (κ1) is 26.3. The SMILES string of the molecule is CC1=C(C(=O)Nc2ccccc2)[C@H](c2ccc(Br)cc2)n2c(s/c(=C/c3ccc(-c4cccc(Cl)c4)o3)c2=O)=N1. The second-order valence-corrected chi connectivity index (χ2v) is 11.5. The molecule has 2 aromatic heterocycles. The molecule has 0 saturated carbocycles. The van der Waals surface area contributed by atoms with E-state index in [1.54, 1.807) is 23.6 Å². The molecule has 1 N–H and O–H groups in total. The van der Waals surface area contributed by atoms with Gasteiger partial charge in [0, 0.05) is 26.8 Å². The molecule has 0 fully saturated rings. The fraction of sp³-hybridized carbons (Fsp3) is 0.0645. The number of nitrogens with zero attached hydrogens (tertiary/aromatic N) is 2. The lowest BCUT2D eigenvalue weighted by molar-refractivity contribution is -0.113. The molecule has 5 aromatic rings. The van der Waals surface area contributed by atoms with E-state index in [9.17, 15) is 9.59 Å². The van der Waals surface area contributed by atoms with Crippen LogP contribution in [0.25, 0.3) is 17.4 Å². The van der Waals surface area contributed by atoms with Crippen LogP contribution in [0.1, 0.15) is 24.3 Å². The van der Waals surface area contributed by atoms with Crippen LogP contribution in [0.2, 0.25) is 5.02 Å². The van der Waals surface area contributed by atoms with Gasteiger partial charge in [-0.15, -0.1) is 0 Å². The number of rotatable bonds is 5. The van der Waals surface area contributed by atoms with Gasteiger partial charge in [-0.2, -0.15) is 0 Å². The van der Waals surface area contributed by atoms with Crippen molar-refractivity contribution >= 4 is 56.5 Å². The number of anilines is 1. The van der Waals surface area contributed by atoms with Crippen molar-refractivity contribution < 1.29 is 9.21 Å². The largest absolute Gasteiger partial charge is 0.457 e. The summed E-state index contributed by atoms with van der Waals surface area (Å²) in [4.78, 5) is 32.7. The number of fused-ring (bicyclic) bond motifs is 1. The Bertz CT molecular complexity index is 1960. The van der Waals surface area contributed by atoms with Crippen molar-refractivity contribution in [1.82, 2.24) is 4.57 Å². The van der Waals surface area contributed by atoms with Gasteiger partial charge in [0.1, 0.15) is 11.5 Å². The van der Waals surface area contributed by atoms with Gasteiger partial charge in [0.2, 0.25) is 0 Å². The zero-order chi connectivity index (χ0) is 27.8. The van der Waals surface area contributed by atoms with Crippen LogP contribution in [0.15, 0.2) is 121 Å². The molecule has 0 aliphatic carbocycles. The van der Waals surface area contributed by atoms with Gasteiger partial charge in [-0.05, 0) is 61.0 Å². The van der Waals surface area contributed by atoms with E-state index < -0.39 is 6.04 Å². The fourth-order valence-corrected chi connectivity index (χ4v) is 6.13. The second-order valence-electron chi connectivity index (χ2n) is 9.17. The monoisotopic (exact) mass is 629 g/mol. The molecule has 198 valence electrons. The molecule has 40 heavy (non-hydrogen) atoms. The molecule has 0 bridgehead atoms. The first-order chi connectivity index (χ1) is 19.4. The van der Waals surface area contributed by atoms with Crippen molar-refractivity contribution in [1.29, 1.82) is 0 Å². The van der Waals surface area contributed by atoms with Crippen molar-refractivity contribution in [3.63, 3.8) is 0 Å². The summed E-state index contributed by atoms with van der Waals surface area (Å²) in [6.45, 7) is 1.80. The van der Waals surface area contributed by atoms with Crippen LogP contribution in [0.5, 0.6) is 0 Å². The predicted octanol–water partition coefficient (Wildman–Crippen LogP) is 6.55. The molecule has 1 amide bonds. The summed E-state index contributed by atoms with van der Waals surface area (Å²) in [5.41, 5.74) is 3.00. The smallest absolute Gasteiger partial charge is 0.271 e. The maximum Gasteiger partial charge on any atom is 0.271 e. The van der Waals surface area contributed by atoms with E-state index in [0.29, 0.717) is 42.8 Å². The molecule has 1 aliphatic rings. The molecule has 3 aromatic carbocycles. The van der Waals surface area contributed by atoms with Crippen molar-refractivity contribution in [2.24, 2.45) is 4.99 Å². The van der Waals surface area contributed by atoms with E-state index in [4.69, 9.17) is 21.0 Å². The number of benzene rings is 3. The molecule has 0 saturated heterocycles. The van der Waals surface area contributed by atoms with Crippen molar-refractivity contribution in [2.75, 3.05) is 5.32 Å². The van der Waals surface area contributed by atoms with E-state index in [1.807, 2.05) is 84.9 Å². The summed E-state index contributed by atoms with van der Waals surface area (Å²) in [6.07, 6.45) is 1.71. The molecular weight excluding hydrogens is 610 g/mol. The quantitative estimate of drug-likeness (QED) is 0.239. The number of hydrogen-bond donors (Lipinski definition) is 1. The number of aromatic nitrogens is 1. The van der Waals surface area contributed by atoms with Crippen LogP contribution < -0.4 is 20.2 Å².